The number of nitrogens with two attached hydrogens (primary N) is 3. The largest absolute Gasteiger partial charge is 0.423 e. The summed E-state index contributed by atoms with van der Waals surface area (Å²) in [4.78, 5) is 38.9. The van der Waals surface area contributed by atoms with E-state index >= 15 is 0 Å². The number of rotatable bonds is 17. The molecular formula is C69H71N21O5Si. The Balaban J connectivity index is 0.000000131. The van der Waals surface area contributed by atoms with E-state index in [-0.39, 0.29) is 0 Å². The zero-order valence-corrected chi connectivity index (χ0v) is 55.7. The highest BCUT2D eigenvalue weighted by Gasteiger charge is 2.22. The Morgan fingerprint density at radius 1 is 0.479 bits per heavy atom. The molecule has 0 saturated heterocycles. The van der Waals surface area contributed by atoms with E-state index in [1.54, 1.807) is 9.36 Å². The quantitative estimate of drug-likeness (QED) is 0.0329. The molecule has 0 aliphatic carbocycles. The van der Waals surface area contributed by atoms with Crippen molar-refractivity contribution in [3.63, 3.8) is 0 Å². The molecule has 0 aliphatic rings. The topological polar surface area (TPSA) is 352 Å². The highest BCUT2D eigenvalue weighted by Crippen LogP contribution is 2.36. The number of nitrogen functional groups attached to an aromatic ring is 3. The molecule has 27 heteroatoms. The average molecular weight is 1300 g/mol. The molecule has 9 heterocycles. The standard InChI is InChI=1S/C26H31N7O2Si.C23H23N7O2.C20H17N7O/c1-16-12-17(2)23-20(13-16)31-26(35-23)30-19-8-6-18(7-9-19)22-21-24(27)28-14-29-25(21)33(32-22)15-34-10-11-36(3,4)5;1-4-31-12-30-22-18(21(24)25-11-26-22)19(29-30)15-5-7-16(8-6-15)27-23-28-17-10-13(2)9-14(3)20(17)32-23;1-10-7-11(2)17-14(8-10)25-20(28-17)24-13-5-3-12(4-6-13)16-15-18(21)22-9-23-19(15)27-26-16/h6-9,12-14H,10-11,15H2,1-5H3,(H,30,31)(H2,27,28,29);5-11H,4,12H2,1-3H3,(H,27,28)(H2,24,25,26);3-9H,1-2H3,(H,24,25)(H3,21,22,23,26,27). The van der Waals surface area contributed by atoms with Crippen molar-refractivity contribution in [3.05, 3.63) is 162 Å². The number of benzene rings is 6. The second-order valence-electron chi connectivity index (χ2n) is 24.6. The Bertz CT molecular complexity index is 5320. The smallest absolute Gasteiger partial charge is 0.300 e. The molecule has 0 unspecified atom stereocenters. The third-order valence-corrected chi connectivity index (χ3v) is 17.5. The normalized spacial score (nSPS) is 11.6. The van der Waals surface area contributed by atoms with Crippen LogP contribution in [0.3, 0.4) is 0 Å². The Labute approximate surface area is 551 Å². The van der Waals surface area contributed by atoms with Crippen LogP contribution in [-0.2, 0) is 22.9 Å². The van der Waals surface area contributed by atoms with Crippen LogP contribution in [0.25, 0.3) is 100 Å². The van der Waals surface area contributed by atoms with Gasteiger partial charge in [0.2, 0.25) is 0 Å². The summed E-state index contributed by atoms with van der Waals surface area (Å²) in [5.74, 6) is 1.17. The molecule has 0 radical (unpaired) electrons. The van der Waals surface area contributed by atoms with Gasteiger partial charge in [-0.1, -0.05) is 74.2 Å². The molecule has 10 N–H and O–H groups in total. The van der Waals surface area contributed by atoms with Crippen molar-refractivity contribution in [2.45, 2.75) is 87.6 Å². The first kappa shape index (κ1) is 63.1. The van der Waals surface area contributed by atoms with Crippen LogP contribution >= 0.6 is 0 Å². The van der Waals surface area contributed by atoms with Gasteiger partial charge in [-0.3, -0.25) is 5.10 Å². The lowest BCUT2D eigenvalue weighted by Crippen LogP contribution is -2.22. The van der Waals surface area contributed by atoms with E-state index in [1.165, 1.54) is 19.0 Å². The van der Waals surface area contributed by atoms with Crippen molar-refractivity contribution in [3.8, 4) is 33.8 Å². The zero-order chi connectivity index (χ0) is 66.9. The minimum absolute atomic E-state index is 0.291. The summed E-state index contributed by atoms with van der Waals surface area (Å²) in [7, 11) is -1.17. The van der Waals surface area contributed by atoms with Crippen LogP contribution in [0, 0.1) is 41.5 Å². The maximum atomic E-state index is 6.24. The number of aromatic nitrogens is 15. The van der Waals surface area contributed by atoms with Gasteiger partial charge in [-0.2, -0.15) is 30.2 Å². The van der Waals surface area contributed by atoms with Crippen LogP contribution in [-0.4, -0.2) is 95.9 Å². The number of fused-ring (bicyclic) bond motifs is 6. The molecular weight excluding hydrogens is 1230 g/mol. The maximum Gasteiger partial charge on any atom is 0.300 e. The van der Waals surface area contributed by atoms with Crippen molar-refractivity contribution < 1.29 is 22.7 Å². The Morgan fingerprint density at radius 2 is 0.865 bits per heavy atom. The van der Waals surface area contributed by atoms with Gasteiger partial charge in [0.25, 0.3) is 18.0 Å². The number of nitrogens with zero attached hydrogens (tertiary/aromatic N) is 14. The summed E-state index contributed by atoms with van der Waals surface area (Å²) in [6, 6.07) is 38.2. The molecule has 0 amide bonds. The van der Waals surface area contributed by atoms with Gasteiger partial charge in [0.15, 0.2) is 33.7 Å². The van der Waals surface area contributed by atoms with Gasteiger partial charge >= 0.3 is 0 Å². The maximum absolute atomic E-state index is 6.24. The Kier molecular flexibility index (Phi) is 17.3. The molecule has 0 spiro atoms. The van der Waals surface area contributed by atoms with Gasteiger partial charge in [-0.05, 0) is 142 Å². The monoisotopic (exact) mass is 1300 g/mol. The number of aryl methyl sites for hydroxylation is 6. The molecule has 9 aromatic heterocycles. The highest BCUT2D eigenvalue weighted by atomic mass is 28.3. The third-order valence-electron chi connectivity index (χ3n) is 15.8. The van der Waals surface area contributed by atoms with Crippen molar-refractivity contribution in [1.29, 1.82) is 0 Å². The van der Waals surface area contributed by atoms with E-state index in [2.05, 4.69) is 121 Å². The summed E-state index contributed by atoms with van der Waals surface area (Å²) < 4.78 is 32.6. The van der Waals surface area contributed by atoms with Crippen LogP contribution in [0.2, 0.25) is 25.7 Å². The van der Waals surface area contributed by atoms with Crippen molar-refractivity contribution in [1.82, 2.24) is 74.6 Å². The number of anilines is 9. The molecule has 6 aromatic carbocycles. The molecule has 26 nitrogen and oxygen atoms in total. The first-order chi connectivity index (χ1) is 46.3. The number of oxazole rings is 3. The number of ether oxygens (including phenoxy) is 2. The number of H-pyrrole nitrogens is 1. The summed E-state index contributed by atoms with van der Waals surface area (Å²) in [6.45, 7) is 23.0. The minimum Gasteiger partial charge on any atom is -0.423 e. The fourth-order valence-corrected chi connectivity index (χ4v) is 12.0. The summed E-state index contributed by atoms with van der Waals surface area (Å²) >= 11 is 0. The molecule has 0 saturated carbocycles. The number of nitrogens with one attached hydrogen (secondary N) is 4. The van der Waals surface area contributed by atoms with Crippen LogP contribution in [0.4, 0.5) is 52.6 Å². The van der Waals surface area contributed by atoms with Gasteiger partial charge in [0.1, 0.15) is 77.8 Å². The molecule has 15 aromatic rings. The Morgan fingerprint density at radius 3 is 1.27 bits per heavy atom. The van der Waals surface area contributed by atoms with Gasteiger partial charge < -0.3 is 55.9 Å². The third kappa shape index (κ3) is 13.4. The first-order valence-electron chi connectivity index (χ1n) is 31.1. The number of hydrogen-bond donors (Lipinski definition) is 7. The lowest BCUT2D eigenvalue weighted by atomic mass is 10.1. The van der Waals surface area contributed by atoms with Gasteiger partial charge in [-0.15, -0.1) is 0 Å². The molecule has 96 heavy (non-hydrogen) atoms. The fraction of sp³-hybridized carbons (Fsp3) is 0.217. The van der Waals surface area contributed by atoms with E-state index in [0.29, 0.717) is 95.6 Å². The van der Waals surface area contributed by atoms with E-state index in [4.69, 9.17) is 45.0 Å². The van der Waals surface area contributed by atoms with Gasteiger partial charge in [0, 0.05) is 55.0 Å². The lowest BCUT2D eigenvalue weighted by Gasteiger charge is -2.15. The van der Waals surface area contributed by atoms with Crippen LogP contribution in [0.1, 0.15) is 40.3 Å². The van der Waals surface area contributed by atoms with Crippen LogP contribution < -0.4 is 33.2 Å². The van der Waals surface area contributed by atoms with Crippen molar-refractivity contribution in [2.24, 2.45) is 0 Å². The van der Waals surface area contributed by atoms with Gasteiger partial charge in [0.05, 0.1) is 21.9 Å². The minimum atomic E-state index is -1.17. The molecule has 0 fully saturated rings. The first-order valence-corrected chi connectivity index (χ1v) is 34.8. The zero-order valence-electron chi connectivity index (χ0n) is 54.7. The average Bonchev–Trinajstić information content (AvgIpc) is 1.63. The van der Waals surface area contributed by atoms with Crippen LogP contribution in [0.15, 0.2) is 141 Å². The van der Waals surface area contributed by atoms with E-state index in [0.717, 1.165) is 123 Å². The lowest BCUT2D eigenvalue weighted by molar-refractivity contribution is 0.0814. The molecule has 0 atom stereocenters. The van der Waals surface area contributed by atoms with E-state index in [9.17, 15) is 0 Å². The second kappa shape index (κ2) is 26.4. The summed E-state index contributed by atoms with van der Waals surface area (Å²) in [5, 5.41) is 28.5. The fourth-order valence-electron chi connectivity index (χ4n) is 11.2. The van der Waals surface area contributed by atoms with Gasteiger partial charge in [-0.25, -0.2) is 39.3 Å². The number of aromatic amines is 1. The second-order valence-corrected chi connectivity index (χ2v) is 30.2. The summed E-state index contributed by atoms with van der Waals surface area (Å²) in [6.07, 6.45) is 4.29. The number of hydrogen-bond acceptors (Lipinski definition) is 23. The van der Waals surface area contributed by atoms with Crippen molar-refractivity contribution >= 4 is 127 Å². The van der Waals surface area contributed by atoms with E-state index < -0.39 is 8.07 Å². The predicted octanol–water partition coefficient (Wildman–Crippen LogP) is 14.6. The summed E-state index contributed by atoms with van der Waals surface area (Å²) in [5.41, 5.74) is 39.2. The van der Waals surface area contributed by atoms with E-state index in [1.807, 2.05) is 133 Å². The highest BCUT2D eigenvalue weighted by molar-refractivity contribution is 6.76. The van der Waals surface area contributed by atoms with Crippen molar-refractivity contribution in [2.75, 3.05) is 46.4 Å². The van der Waals surface area contributed by atoms with Crippen LogP contribution in [0.5, 0.6) is 0 Å². The molecule has 0 aliphatic heterocycles. The molecule has 0 bridgehead atoms. The SMILES string of the molecule is CCOCn1nc(-c2ccc(Nc3nc4cc(C)cc(C)c4o3)cc2)c2c(N)ncnc21.Cc1cc(C)c2oc(Nc3ccc(-c4[nH]nc5ncnc(N)c45)cc3)nc2c1.Cc1cc(C)c2oc(Nc3ccc(-c4nn(COCC[Si](C)(C)C)c5ncnc(N)c45)cc3)nc2c1. The Hall–Kier alpha value is -11.7. The molecule has 15 rings (SSSR count). The predicted molar refractivity (Wildman–Crippen MR) is 378 cm³/mol. The molecule has 486 valence electrons.